The van der Waals surface area contributed by atoms with Crippen LogP contribution in [0.5, 0.6) is 0 Å². The van der Waals surface area contributed by atoms with Crippen LogP contribution in [-0.2, 0) is 11.3 Å². The minimum absolute atomic E-state index is 0.233. The average Bonchev–Trinajstić information content (AvgIpc) is 2.37. The lowest BCUT2D eigenvalue weighted by molar-refractivity contribution is -0.297. The minimum Gasteiger partial charge on any atom is -0.755 e. The van der Waals surface area contributed by atoms with Crippen LogP contribution in [0.25, 0.3) is 0 Å². The summed E-state index contributed by atoms with van der Waals surface area (Å²) in [5.74, 6) is 0. The Morgan fingerprint density at radius 2 is 1.50 bits per heavy atom. The van der Waals surface area contributed by atoms with Crippen LogP contribution in [0.4, 0.5) is 42.5 Å². The SMILES string of the molecule is CC(NC(=O)Nc1ccccc1NS(=O)[O-])(C(F)(F)F)C(F)(F)F. The number of amides is 2. The first kappa shape index (κ1) is 20.0. The van der Waals surface area contributed by atoms with Crippen LogP contribution in [-0.4, -0.2) is 32.7 Å². The molecule has 0 aliphatic carbocycles. The van der Waals surface area contributed by atoms with Gasteiger partial charge in [-0.3, -0.25) is 4.21 Å². The van der Waals surface area contributed by atoms with E-state index < -0.39 is 35.2 Å². The van der Waals surface area contributed by atoms with Gasteiger partial charge in [-0.15, -0.1) is 0 Å². The third kappa shape index (κ3) is 4.50. The average molecular weight is 378 g/mol. The highest BCUT2D eigenvalue weighted by Crippen LogP contribution is 2.42. The Labute approximate surface area is 134 Å². The molecule has 2 amide bonds. The molecule has 0 saturated heterocycles. The van der Waals surface area contributed by atoms with E-state index >= 15 is 0 Å². The molecule has 24 heavy (non-hydrogen) atoms. The van der Waals surface area contributed by atoms with Crippen molar-refractivity contribution in [3.63, 3.8) is 0 Å². The fourth-order valence-corrected chi connectivity index (χ4v) is 1.81. The maximum Gasteiger partial charge on any atom is 0.420 e. The van der Waals surface area contributed by atoms with Crippen molar-refractivity contribution >= 4 is 28.7 Å². The summed E-state index contributed by atoms with van der Waals surface area (Å²) in [6.07, 6.45) is -11.6. The van der Waals surface area contributed by atoms with Gasteiger partial charge in [-0.2, -0.15) is 26.3 Å². The van der Waals surface area contributed by atoms with Crippen molar-refractivity contribution in [2.75, 3.05) is 10.0 Å². The normalized spacial score (nSPS) is 14.0. The highest BCUT2D eigenvalue weighted by molar-refractivity contribution is 7.80. The summed E-state index contributed by atoms with van der Waals surface area (Å²) in [4.78, 5) is 11.6. The number of halogens is 6. The van der Waals surface area contributed by atoms with Gasteiger partial charge in [-0.25, -0.2) is 4.79 Å². The summed E-state index contributed by atoms with van der Waals surface area (Å²) >= 11 is -2.82. The number of carbonyl (C=O) groups is 1. The second kappa shape index (κ2) is 6.84. The standard InChI is InChI=1S/C11H11F6N3O3S/c1-9(10(12,13)14,11(15,16)17)19-8(21)18-6-4-2-3-5-7(6)20-24(22)23/h2-5,20H,1H3,(H,22,23)(H2,18,19,21)/p-1. The quantitative estimate of drug-likeness (QED) is 0.556. The summed E-state index contributed by atoms with van der Waals surface area (Å²) in [5, 5.41) is 2.55. The third-order valence-electron chi connectivity index (χ3n) is 2.87. The molecule has 0 fully saturated rings. The molecule has 0 saturated carbocycles. The number of nitrogens with one attached hydrogen (secondary N) is 3. The van der Waals surface area contributed by atoms with Crippen LogP contribution in [0, 0.1) is 0 Å². The highest BCUT2D eigenvalue weighted by atomic mass is 32.2. The Hall–Kier alpha value is -2.02. The number of hydrogen-bond donors (Lipinski definition) is 3. The first-order chi connectivity index (χ1) is 10.8. The van der Waals surface area contributed by atoms with Gasteiger partial charge < -0.3 is 19.9 Å². The second-order valence-corrected chi connectivity index (χ2v) is 5.26. The van der Waals surface area contributed by atoms with Crippen molar-refractivity contribution < 1.29 is 39.9 Å². The molecule has 1 unspecified atom stereocenters. The van der Waals surface area contributed by atoms with Gasteiger partial charge in [0.25, 0.3) is 0 Å². The van der Waals surface area contributed by atoms with E-state index in [9.17, 15) is 39.9 Å². The molecule has 1 aromatic carbocycles. The largest absolute Gasteiger partial charge is 0.755 e. The van der Waals surface area contributed by atoms with Crippen LogP contribution in [0.1, 0.15) is 6.92 Å². The second-order valence-electron chi connectivity index (χ2n) is 4.58. The summed E-state index contributed by atoms with van der Waals surface area (Å²) in [6, 6.07) is 3.00. The molecule has 1 rings (SSSR count). The van der Waals surface area contributed by atoms with Crippen LogP contribution >= 0.6 is 0 Å². The molecule has 1 aromatic rings. The van der Waals surface area contributed by atoms with E-state index in [1.807, 2.05) is 4.72 Å². The van der Waals surface area contributed by atoms with Gasteiger partial charge in [-0.1, -0.05) is 12.1 Å². The topological polar surface area (TPSA) is 93.3 Å². The zero-order valence-corrected chi connectivity index (χ0v) is 12.5. The number of rotatable bonds is 4. The molecule has 0 aliphatic rings. The van der Waals surface area contributed by atoms with Crippen molar-refractivity contribution in [2.45, 2.75) is 24.8 Å². The van der Waals surface area contributed by atoms with Crippen LogP contribution in [0.15, 0.2) is 24.3 Å². The first-order valence-corrected chi connectivity index (χ1v) is 7.03. The monoisotopic (exact) mass is 378 g/mol. The molecule has 0 aromatic heterocycles. The maximum absolute atomic E-state index is 12.7. The molecule has 0 heterocycles. The van der Waals surface area contributed by atoms with Gasteiger partial charge >= 0.3 is 18.4 Å². The molecule has 1 atom stereocenters. The van der Waals surface area contributed by atoms with E-state index in [0.717, 1.165) is 17.4 Å². The number of anilines is 2. The lowest BCUT2D eigenvalue weighted by Gasteiger charge is -2.34. The van der Waals surface area contributed by atoms with Gasteiger partial charge in [0.05, 0.1) is 11.4 Å². The number of urea groups is 1. The van der Waals surface area contributed by atoms with E-state index in [1.165, 1.54) is 12.1 Å². The Morgan fingerprint density at radius 1 is 1.04 bits per heavy atom. The molecule has 13 heteroatoms. The molecular formula is C11H10F6N3O3S-. The van der Waals surface area contributed by atoms with Gasteiger partial charge in [0.2, 0.25) is 5.54 Å². The number of alkyl halides is 6. The van der Waals surface area contributed by atoms with E-state index in [2.05, 4.69) is 0 Å². The minimum atomic E-state index is -5.81. The predicted octanol–water partition coefficient (Wildman–Crippen LogP) is 2.90. The van der Waals surface area contributed by atoms with Gasteiger partial charge in [0.1, 0.15) is 0 Å². The Bertz CT molecular complexity index is 620. The summed E-state index contributed by atoms with van der Waals surface area (Å²) < 4.78 is 99.1. The highest BCUT2D eigenvalue weighted by Gasteiger charge is 2.68. The fourth-order valence-electron chi connectivity index (χ4n) is 1.45. The van der Waals surface area contributed by atoms with Crippen molar-refractivity contribution in [2.24, 2.45) is 0 Å². The molecule has 6 nitrogen and oxygen atoms in total. The van der Waals surface area contributed by atoms with Crippen molar-refractivity contribution in [3.8, 4) is 0 Å². The number of benzene rings is 1. The summed E-state index contributed by atoms with van der Waals surface area (Å²) in [7, 11) is 0. The fraction of sp³-hybridized carbons (Fsp3) is 0.364. The third-order valence-corrected chi connectivity index (χ3v) is 3.25. The lowest BCUT2D eigenvalue weighted by atomic mass is 10.0. The van der Waals surface area contributed by atoms with Crippen molar-refractivity contribution in [1.82, 2.24) is 5.32 Å². The molecule has 0 bridgehead atoms. The van der Waals surface area contributed by atoms with E-state index in [4.69, 9.17) is 0 Å². The van der Waals surface area contributed by atoms with Gasteiger partial charge in [0, 0.05) is 11.3 Å². The zero-order chi connectivity index (χ0) is 18.8. The van der Waals surface area contributed by atoms with Crippen LogP contribution in [0.2, 0.25) is 0 Å². The van der Waals surface area contributed by atoms with E-state index in [0.29, 0.717) is 0 Å². The molecule has 0 radical (unpaired) electrons. The smallest absolute Gasteiger partial charge is 0.420 e. The van der Waals surface area contributed by atoms with Gasteiger partial charge in [0.15, 0.2) is 0 Å². The Morgan fingerprint density at radius 3 is 1.92 bits per heavy atom. The van der Waals surface area contributed by atoms with Crippen molar-refractivity contribution in [1.29, 1.82) is 0 Å². The molecule has 136 valence electrons. The Kier molecular flexibility index (Phi) is 5.71. The number of para-hydroxylation sites is 2. The number of hydrogen-bond acceptors (Lipinski definition) is 3. The van der Waals surface area contributed by atoms with Crippen LogP contribution in [0.3, 0.4) is 0 Å². The van der Waals surface area contributed by atoms with E-state index in [1.54, 1.807) is 5.32 Å². The predicted molar refractivity (Wildman–Crippen MR) is 71.7 cm³/mol. The number of carbonyl (C=O) groups excluding carboxylic acids is 1. The Balaban J connectivity index is 3.03. The summed E-state index contributed by atoms with van der Waals surface area (Å²) in [5.41, 5.74) is -5.08. The molecule has 0 aliphatic heterocycles. The molecule has 3 N–H and O–H groups in total. The summed E-state index contributed by atoms with van der Waals surface area (Å²) in [6.45, 7) is -0.233. The van der Waals surface area contributed by atoms with Crippen molar-refractivity contribution in [3.05, 3.63) is 24.3 Å². The molecule has 0 spiro atoms. The zero-order valence-electron chi connectivity index (χ0n) is 11.7. The molecular weight excluding hydrogens is 368 g/mol. The lowest BCUT2D eigenvalue weighted by Crippen LogP contribution is -2.66. The first-order valence-electron chi connectivity index (χ1n) is 5.95. The van der Waals surface area contributed by atoms with E-state index in [-0.39, 0.29) is 18.3 Å². The van der Waals surface area contributed by atoms with Gasteiger partial charge in [-0.05, 0) is 19.1 Å². The van der Waals surface area contributed by atoms with Crippen LogP contribution < -0.4 is 15.4 Å². The maximum atomic E-state index is 12.7.